The lowest BCUT2D eigenvalue weighted by Crippen LogP contribution is -2.27. The standard InChI is InChI=1S/C13H19N3O5S/c1-2-19-6-7-20-8-9-21-11-5-3-4-10-12(11)13(14)16-22(17,18)15-10/h3-5,15H,2,6-9H2,1H3,(H2,14,16). The zero-order chi connectivity index (χ0) is 16.0. The van der Waals surface area contributed by atoms with Crippen molar-refractivity contribution in [2.75, 3.05) is 37.8 Å². The molecule has 0 bridgehead atoms. The molecule has 8 nitrogen and oxygen atoms in total. The number of nitrogens with zero attached hydrogens (tertiary/aromatic N) is 1. The third kappa shape index (κ3) is 4.33. The molecule has 0 spiro atoms. The minimum atomic E-state index is -3.78. The van der Waals surface area contributed by atoms with Crippen LogP contribution in [-0.2, 0) is 19.7 Å². The van der Waals surface area contributed by atoms with E-state index in [0.29, 0.717) is 50.0 Å². The van der Waals surface area contributed by atoms with Crippen LogP contribution in [0.1, 0.15) is 12.5 Å². The molecule has 0 amide bonds. The molecule has 0 unspecified atom stereocenters. The van der Waals surface area contributed by atoms with Gasteiger partial charge in [0, 0.05) is 6.61 Å². The minimum Gasteiger partial charge on any atom is -0.490 e. The van der Waals surface area contributed by atoms with E-state index in [4.69, 9.17) is 19.9 Å². The van der Waals surface area contributed by atoms with Gasteiger partial charge in [-0.2, -0.15) is 8.42 Å². The van der Waals surface area contributed by atoms with Gasteiger partial charge in [-0.15, -0.1) is 4.40 Å². The number of anilines is 1. The molecule has 0 saturated heterocycles. The van der Waals surface area contributed by atoms with Crippen molar-refractivity contribution < 1.29 is 22.6 Å². The molecule has 122 valence electrons. The first-order chi connectivity index (χ1) is 10.5. The van der Waals surface area contributed by atoms with Crippen LogP contribution in [0.15, 0.2) is 22.6 Å². The Balaban J connectivity index is 1.94. The van der Waals surface area contributed by atoms with Crippen molar-refractivity contribution in [3.63, 3.8) is 0 Å². The molecule has 0 aromatic heterocycles. The molecule has 0 aliphatic carbocycles. The number of benzene rings is 1. The van der Waals surface area contributed by atoms with Gasteiger partial charge in [-0.25, -0.2) is 0 Å². The molecule has 9 heteroatoms. The van der Waals surface area contributed by atoms with Crippen molar-refractivity contribution in [3.8, 4) is 5.75 Å². The Morgan fingerprint density at radius 1 is 1.18 bits per heavy atom. The van der Waals surface area contributed by atoms with Gasteiger partial charge in [0.2, 0.25) is 0 Å². The van der Waals surface area contributed by atoms with Gasteiger partial charge in [0.15, 0.2) is 5.84 Å². The lowest BCUT2D eigenvalue weighted by atomic mass is 10.1. The van der Waals surface area contributed by atoms with E-state index < -0.39 is 10.2 Å². The van der Waals surface area contributed by atoms with Crippen molar-refractivity contribution in [3.05, 3.63) is 23.8 Å². The number of amidine groups is 1. The Kier molecular flexibility index (Phi) is 5.58. The van der Waals surface area contributed by atoms with Crippen LogP contribution in [0.2, 0.25) is 0 Å². The van der Waals surface area contributed by atoms with Gasteiger partial charge in [-0.1, -0.05) is 6.07 Å². The number of hydrogen-bond donors (Lipinski definition) is 2. The topological polar surface area (TPSA) is 112 Å². The molecular formula is C13H19N3O5S. The Labute approximate surface area is 129 Å². The van der Waals surface area contributed by atoms with Crippen LogP contribution in [0.25, 0.3) is 0 Å². The summed E-state index contributed by atoms with van der Waals surface area (Å²) in [4.78, 5) is 0. The largest absolute Gasteiger partial charge is 0.490 e. The maximum Gasteiger partial charge on any atom is 0.344 e. The average Bonchev–Trinajstić information content (AvgIpc) is 2.44. The zero-order valence-corrected chi connectivity index (χ0v) is 13.1. The summed E-state index contributed by atoms with van der Waals surface area (Å²) in [6.45, 7) is 4.31. The van der Waals surface area contributed by atoms with Crippen LogP contribution < -0.4 is 15.2 Å². The summed E-state index contributed by atoms with van der Waals surface area (Å²) < 4.78 is 44.7. The van der Waals surface area contributed by atoms with Crippen molar-refractivity contribution >= 4 is 21.7 Å². The highest BCUT2D eigenvalue weighted by Gasteiger charge is 2.24. The number of nitrogens with two attached hydrogens (primary N) is 1. The van der Waals surface area contributed by atoms with Crippen LogP contribution in [-0.4, -0.2) is 47.3 Å². The first-order valence-electron chi connectivity index (χ1n) is 6.83. The molecule has 1 heterocycles. The second-order valence-electron chi connectivity index (χ2n) is 4.39. The Bertz CT molecular complexity index is 645. The number of hydrogen-bond acceptors (Lipinski definition) is 6. The fourth-order valence-corrected chi connectivity index (χ4v) is 2.76. The lowest BCUT2D eigenvalue weighted by Gasteiger charge is -2.19. The van der Waals surface area contributed by atoms with Gasteiger partial charge in [0.05, 0.1) is 31.1 Å². The first-order valence-corrected chi connectivity index (χ1v) is 8.27. The molecule has 1 aromatic rings. The third-order valence-corrected chi connectivity index (χ3v) is 3.72. The van der Waals surface area contributed by atoms with E-state index >= 15 is 0 Å². The van der Waals surface area contributed by atoms with Crippen LogP contribution in [0.3, 0.4) is 0 Å². The van der Waals surface area contributed by atoms with E-state index in [1.807, 2.05) is 6.92 Å². The number of ether oxygens (including phenoxy) is 3. The molecule has 0 atom stereocenters. The van der Waals surface area contributed by atoms with Gasteiger partial charge >= 0.3 is 10.2 Å². The summed E-state index contributed by atoms with van der Waals surface area (Å²) in [5, 5.41) is 0. The maximum absolute atomic E-state index is 11.5. The monoisotopic (exact) mass is 329 g/mol. The molecule has 1 aliphatic heterocycles. The predicted molar refractivity (Wildman–Crippen MR) is 82.5 cm³/mol. The minimum absolute atomic E-state index is 0.0957. The smallest absolute Gasteiger partial charge is 0.344 e. The molecular weight excluding hydrogens is 310 g/mol. The lowest BCUT2D eigenvalue weighted by molar-refractivity contribution is 0.0404. The molecule has 0 saturated carbocycles. The van der Waals surface area contributed by atoms with Gasteiger partial charge in [0.1, 0.15) is 12.4 Å². The Morgan fingerprint density at radius 3 is 2.68 bits per heavy atom. The van der Waals surface area contributed by atoms with E-state index in [1.165, 1.54) is 0 Å². The van der Waals surface area contributed by atoms with Crippen LogP contribution in [0.4, 0.5) is 5.69 Å². The molecule has 0 fully saturated rings. The van der Waals surface area contributed by atoms with E-state index in [2.05, 4.69) is 9.12 Å². The fraction of sp³-hybridized carbons (Fsp3) is 0.462. The Hall–Kier alpha value is -1.84. The summed E-state index contributed by atoms with van der Waals surface area (Å²) in [5.74, 6) is 0.358. The van der Waals surface area contributed by atoms with E-state index in [0.717, 1.165) is 0 Å². The van der Waals surface area contributed by atoms with E-state index in [-0.39, 0.29) is 5.84 Å². The number of rotatable bonds is 8. The second-order valence-corrected chi connectivity index (χ2v) is 5.73. The summed E-state index contributed by atoms with van der Waals surface area (Å²) in [6.07, 6.45) is 0. The highest BCUT2D eigenvalue weighted by Crippen LogP contribution is 2.30. The summed E-state index contributed by atoms with van der Waals surface area (Å²) in [5.41, 5.74) is 6.50. The highest BCUT2D eigenvalue weighted by atomic mass is 32.2. The maximum atomic E-state index is 11.5. The molecule has 2 rings (SSSR count). The SMILES string of the molecule is CCOCCOCCOc1cccc2c1C(N)=NS(=O)(=O)N2. The normalized spacial score (nSPS) is 15.6. The fourth-order valence-electron chi connectivity index (χ4n) is 1.91. The van der Waals surface area contributed by atoms with Crippen molar-refractivity contribution in [2.24, 2.45) is 10.1 Å². The molecule has 1 aromatic carbocycles. The second kappa shape index (κ2) is 7.43. The first kappa shape index (κ1) is 16.5. The molecule has 22 heavy (non-hydrogen) atoms. The molecule has 3 N–H and O–H groups in total. The van der Waals surface area contributed by atoms with Crippen molar-refractivity contribution in [2.45, 2.75) is 6.92 Å². The number of nitrogens with one attached hydrogen (secondary N) is 1. The quantitative estimate of drug-likeness (QED) is 0.671. The van der Waals surface area contributed by atoms with Gasteiger partial charge in [0.25, 0.3) is 0 Å². The highest BCUT2D eigenvalue weighted by molar-refractivity contribution is 7.91. The van der Waals surface area contributed by atoms with E-state index in [9.17, 15) is 8.42 Å². The van der Waals surface area contributed by atoms with Crippen molar-refractivity contribution in [1.82, 2.24) is 0 Å². The Morgan fingerprint density at radius 2 is 1.91 bits per heavy atom. The van der Waals surface area contributed by atoms with Gasteiger partial charge in [-0.05, 0) is 19.1 Å². The third-order valence-electron chi connectivity index (χ3n) is 2.80. The summed E-state index contributed by atoms with van der Waals surface area (Å²) in [7, 11) is -3.78. The van der Waals surface area contributed by atoms with Gasteiger partial charge in [-0.3, -0.25) is 4.72 Å². The summed E-state index contributed by atoms with van der Waals surface area (Å²) in [6, 6.07) is 4.96. The zero-order valence-electron chi connectivity index (χ0n) is 12.2. The molecule has 1 aliphatic rings. The average molecular weight is 329 g/mol. The van der Waals surface area contributed by atoms with Crippen LogP contribution in [0.5, 0.6) is 5.75 Å². The summed E-state index contributed by atoms with van der Waals surface area (Å²) >= 11 is 0. The predicted octanol–water partition coefficient (Wildman–Crippen LogP) is 0.494. The van der Waals surface area contributed by atoms with Crippen LogP contribution >= 0.6 is 0 Å². The van der Waals surface area contributed by atoms with E-state index in [1.54, 1.807) is 18.2 Å². The van der Waals surface area contributed by atoms with Crippen LogP contribution in [0, 0.1) is 0 Å². The van der Waals surface area contributed by atoms with Crippen molar-refractivity contribution in [1.29, 1.82) is 0 Å². The number of fused-ring (bicyclic) bond motifs is 1. The van der Waals surface area contributed by atoms with Gasteiger partial charge < -0.3 is 19.9 Å². The molecule has 0 radical (unpaired) electrons.